The summed E-state index contributed by atoms with van der Waals surface area (Å²) in [5.74, 6) is 2.36. The molecule has 9 nitrogen and oxygen atoms in total. The van der Waals surface area contributed by atoms with Crippen LogP contribution in [0.15, 0.2) is 39.9 Å². The predicted molar refractivity (Wildman–Crippen MR) is 125 cm³/mol. The molecule has 0 bridgehead atoms. The van der Waals surface area contributed by atoms with Gasteiger partial charge in [0, 0.05) is 19.6 Å². The van der Waals surface area contributed by atoms with Crippen LogP contribution in [-0.4, -0.2) is 52.8 Å². The lowest BCUT2D eigenvalue weighted by Crippen LogP contribution is -2.41. The first kappa shape index (κ1) is 25.4. The van der Waals surface area contributed by atoms with Crippen LogP contribution in [-0.2, 0) is 6.54 Å². The second-order valence-electron chi connectivity index (χ2n) is 5.89. The van der Waals surface area contributed by atoms with Crippen molar-refractivity contribution in [3.05, 3.63) is 41.9 Å². The van der Waals surface area contributed by atoms with E-state index in [0.717, 1.165) is 5.56 Å². The van der Waals surface area contributed by atoms with Gasteiger partial charge < -0.3 is 34.6 Å². The topological polar surface area (TPSA) is 106 Å². The molecule has 0 aliphatic carbocycles. The number of guanidine groups is 1. The number of amides is 1. The Hall–Kier alpha value is -2.63. The summed E-state index contributed by atoms with van der Waals surface area (Å²) in [7, 11) is 4.72. The molecule has 0 atom stereocenters. The van der Waals surface area contributed by atoms with Crippen LogP contribution in [0.3, 0.4) is 0 Å². The highest BCUT2D eigenvalue weighted by Gasteiger charge is 2.13. The van der Waals surface area contributed by atoms with Crippen molar-refractivity contribution in [2.24, 2.45) is 4.99 Å². The first-order chi connectivity index (χ1) is 14.1. The van der Waals surface area contributed by atoms with Gasteiger partial charge in [0.1, 0.15) is 0 Å². The molecule has 1 aromatic carbocycles. The third kappa shape index (κ3) is 7.32. The number of nitrogens with zero attached hydrogens (tertiary/aromatic N) is 1. The number of carbonyl (C=O) groups excluding carboxylic acids is 1. The Labute approximate surface area is 193 Å². The van der Waals surface area contributed by atoms with Crippen LogP contribution >= 0.6 is 24.0 Å². The van der Waals surface area contributed by atoms with Gasteiger partial charge in [0.15, 0.2) is 23.2 Å². The standard InChI is InChI=1S/C20H28N4O5.HI/c1-5-21-20(23-9-8-22-19(25)15-7-6-10-29-15)24-13-14-11-16(26-2)18(28-4)17(12-14)27-3;/h6-7,10-12H,5,8-9,13H2,1-4H3,(H,22,25)(H2,21,23,24);1H. The van der Waals surface area contributed by atoms with Crippen LogP contribution in [0.25, 0.3) is 0 Å². The van der Waals surface area contributed by atoms with Crippen LogP contribution in [0.5, 0.6) is 17.2 Å². The summed E-state index contributed by atoms with van der Waals surface area (Å²) in [6, 6.07) is 7.01. The quantitative estimate of drug-likeness (QED) is 0.187. The van der Waals surface area contributed by atoms with Crippen molar-refractivity contribution < 1.29 is 23.4 Å². The van der Waals surface area contributed by atoms with Crippen molar-refractivity contribution in [2.75, 3.05) is 41.0 Å². The second kappa shape index (κ2) is 13.6. The molecule has 2 rings (SSSR count). The van der Waals surface area contributed by atoms with Gasteiger partial charge in [-0.15, -0.1) is 24.0 Å². The number of halogens is 1. The van der Waals surface area contributed by atoms with Gasteiger partial charge in [-0.05, 0) is 36.8 Å². The van der Waals surface area contributed by atoms with Crippen LogP contribution in [0.1, 0.15) is 23.0 Å². The largest absolute Gasteiger partial charge is 0.493 e. The molecule has 0 fully saturated rings. The number of nitrogens with one attached hydrogen (secondary N) is 3. The third-order valence-corrected chi connectivity index (χ3v) is 3.94. The fraction of sp³-hybridized carbons (Fsp3) is 0.400. The maximum absolute atomic E-state index is 11.8. The van der Waals surface area contributed by atoms with E-state index in [1.165, 1.54) is 6.26 Å². The van der Waals surface area contributed by atoms with E-state index in [9.17, 15) is 4.79 Å². The molecule has 0 spiro atoms. The molecule has 2 aromatic rings. The van der Waals surface area contributed by atoms with Crippen molar-refractivity contribution in [1.29, 1.82) is 0 Å². The van der Waals surface area contributed by atoms with Gasteiger partial charge >= 0.3 is 0 Å². The average molecular weight is 532 g/mol. The second-order valence-corrected chi connectivity index (χ2v) is 5.89. The van der Waals surface area contributed by atoms with Crippen molar-refractivity contribution in [1.82, 2.24) is 16.0 Å². The van der Waals surface area contributed by atoms with Gasteiger partial charge in [-0.3, -0.25) is 4.79 Å². The molecular formula is C20H29IN4O5. The van der Waals surface area contributed by atoms with Crippen molar-refractivity contribution in [2.45, 2.75) is 13.5 Å². The fourth-order valence-corrected chi connectivity index (χ4v) is 2.59. The minimum atomic E-state index is -0.254. The van der Waals surface area contributed by atoms with E-state index in [2.05, 4.69) is 20.9 Å². The monoisotopic (exact) mass is 532 g/mol. The smallest absolute Gasteiger partial charge is 0.287 e. The van der Waals surface area contributed by atoms with Crippen LogP contribution in [0.4, 0.5) is 0 Å². The zero-order chi connectivity index (χ0) is 21.1. The van der Waals surface area contributed by atoms with E-state index >= 15 is 0 Å². The number of ether oxygens (including phenoxy) is 3. The summed E-state index contributed by atoms with van der Waals surface area (Å²) in [5.41, 5.74) is 0.905. The molecule has 0 aliphatic rings. The van der Waals surface area contributed by atoms with Crippen molar-refractivity contribution >= 4 is 35.8 Å². The molecule has 0 unspecified atom stereocenters. The Balaban J connectivity index is 0.00000450. The first-order valence-electron chi connectivity index (χ1n) is 9.25. The number of rotatable bonds is 10. The van der Waals surface area contributed by atoms with Crippen LogP contribution < -0.4 is 30.2 Å². The predicted octanol–water partition coefficient (Wildman–Crippen LogP) is 2.41. The number of aliphatic imine (C=N–C) groups is 1. The van der Waals surface area contributed by atoms with Crippen LogP contribution in [0, 0.1) is 0 Å². The first-order valence-corrected chi connectivity index (χ1v) is 9.25. The lowest BCUT2D eigenvalue weighted by Gasteiger charge is -2.14. The van der Waals surface area contributed by atoms with Gasteiger partial charge in [-0.2, -0.15) is 0 Å². The fourth-order valence-electron chi connectivity index (χ4n) is 2.59. The van der Waals surface area contributed by atoms with E-state index in [1.807, 2.05) is 19.1 Å². The van der Waals surface area contributed by atoms with E-state index in [-0.39, 0.29) is 35.6 Å². The SMILES string of the molecule is CCNC(=NCc1cc(OC)c(OC)c(OC)c1)NCCNC(=O)c1ccco1.I. The van der Waals surface area contributed by atoms with Crippen LogP contribution in [0.2, 0.25) is 0 Å². The molecule has 1 heterocycles. The summed E-state index contributed by atoms with van der Waals surface area (Å²) >= 11 is 0. The summed E-state index contributed by atoms with van der Waals surface area (Å²) in [5, 5.41) is 9.12. The molecule has 30 heavy (non-hydrogen) atoms. The molecule has 1 amide bonds. The molecule has 166 valence electrons. The van der Waals surface area contributed by atoms with Gasteiger partial charge in [-0.1, -0.05) is 0 Å². The molecule has 0 saturated carbocycles. The Bertz CT molecular complexity index is 787. The maximum Gasteiger partial charge on any atom is 0.287 e. The van der Waals surface area contributed by atoms with E-state index < -0.39 is 0 Å². The highest BCUT2D eigenvalue weighted by atomic mass is 127. The molecule has 10 heteroatoms. The number of hydrogen-bond acceptors (Lipinski definition) is 6. The number of carbonyl (C=O) groups is 1. The summed E-state index contributed by atoms with van der Waals surface area (Å²) < 4.78 is 21.1. The number of hydrogen-bond donors (Lipinski definition) is 3. The van der Waals surface area contributed by atoms with Crippen molar-refractivity contribution in [3.63, 3.8) is 0 Å². The summed E-state index contributed by atoms with van der Waals surface area (Å²) in [6.45, 7) is 4.03. The number of furan rings is 1. The molecule has 3 N–H and O–H groups in total. The molecule has 0 saturated heterocycles. The van der Waals surface area contributed by atoms with Crippen molar-refractivity contribution in [3.8, 4) is 17.2 Å². The Morgan fingerprint density at radius 3 is 2.23 bits per heavy atom. The molecule has 0 aliphatic heterocycles. The highest BCUT2D eigenvalue weighted by Crippen LogP contribution is 2.38. The average Bonchev–Trinajstić information content (AvgIpc) is 3.28. The highest BCUT2D eigenvalue weighted by molar-refractivity contribution is 14.0. The lowest BCUT2D eigenvalue weighted by molar-refractivity contribution is 0.0926. The van der Waals surface area contributed by atoms with Gasteiger partial charge in [-0.25, -0.2) is 4.99 Å². The number of benzene rings is 1. The van der Waals surface area contributed by atoms with Gasteiger partial charge in [0.25, 0.3) is 5.91 Å². The van der Waals surface area contributed by atoms with E-state index in [4.69, 9.17) is 18.6 Å². The minimum absolute atomic E-state index is 0. The minimum Gasteiger partial charge on any atom is -0.493 e. The normalized spacial score (nSPS) is 10.6. The summed E-state index contributed by atoms with van der Waals surface area (Å²) in [6.07, 6.45) is 1.46. The lowest BCUT2D eigenvalue weighted by atomic mass is 10.2. The summed E-state index contributed by atoms with van der Waals surface area (Å²) in [4.78, 5) is 16.4. The Morgan fingerprint density at radius 2 is 1.70 bits per heavy atom. The van der Waals surface area contributed by atoms with E-state index in [0.29, 0.717) is 49.4 Å². The number of methoxy groups -OCH3 is 3. The Morgan fingerprint density at radius 1 is 1.03 bits per heavy atom. The molecular weight excluding hydrogens is 503 g/mol. The zero-order valence-electron chi connectivity index (χ0n) is 17.6. The van der Waals surface area contributed by atoms with Gasteiger partial charge in [0.05, 0.1) is 34.1 Å². The third-order valence-electron chi connectivity index (χ3n) is 3.94. The Kier molecular flexibility index (Phi) is 11.5. The molecule has 1 aromatic heterocycles. The zero-order valence-corrected chi connectivity index (χ0v) is 19.9. The van der Waals surface area contributed by atoms with Gasteiger partial charge in [0.2, 0.25) is 5.75 Å². The van der Waals surface area contributed by atoms with E-state index in [1.54, 1.807) is 33.5 Å². The maximum atomic E-state index is 11.8. The molecule has 0 radical (unpaired) electrons.